The van der Waals surface area contributed by atoms with Gasteiger partial charge in [0.25, 0.3) is 0 Å². The van der Waals surface area contributed by atoms with Crippen LogP contribution in [0.15, 0.2) is 23.2 Å². The van der Waals surface area contributed by atoms with E-state index in [-0.39, 0.29) is 11.3 Å². The van der Waals surface area contributed by atoms with Gasteiger partial charge in [-0.2, -0.15) is 4.99 Å². The summed E-state index contributed by atoms with van der Waals surface area (Å²) in [6.45, 7) is 0. The van der Waals surface area contributed by atoms with Crippen LogP contribution in [0.1, 0.15) is 11.9 Å². The molecular formula is C10H10FNO3. The Bertz CT molecular complexity index is 388. The summed E-state index contributed by atoms with van der Waals surface area (Å²) in [5.74, 6) is 0.818. The first-order chi connectivity index (χ1) is 7.22. The normalized spacial score (nSPS) is 11.4. The number of rotatable bonds is 4. The number of benzene rings is 1. The monoisotopic (exact) mass is 211 g/mol. The van der Waals surface area contributed by atoms with Crippen molar-refractivity contribution < 1.29 is 18.7 Å². The standard InChI is InChI=1S/C10H10FNO3/c1-14-7-3-4-8(9(5-7)15-2)10(11)12-6-13/h3-5,10H,1-2H3. The van der Waals surface area contributed by atoms with E-state index in [9.17, 15) is 9.18 Å². The van der Waals surface area contributed by atoms with Crippen molar-refractivity contribution >= 4 is 6.08 Å². The average Bonchev–Trinajstić information content (AvgIpc) is 2.28. The van der Waals surface area contributed by atoms with Crippen molar-refractivity contribution in [3.63, 3.8) is 0 Å². The second-order valence-corrected chi connectivity index (χ2v) is 2.66. The Kier molecular flexibility index (Phi) is 3.83. The van der Waals surface area contributed by atoms with E-state index in [0.29, 0.717) is 5.75 Å². The van der Waals surface area contributed by atoms with Crippen LogP contribution in [-0.2, 0) is 4.79 Å². The van der Waals surface area contributed by atoms with E-state index < -0.39 is 6.30 Å². The van der Waals surface area contributed by atoms with Crippen molar-refractivity contribution in [2.75, 3.05) is 14.2 Å². The van der Waals surface area contributed by atoms with Gasteiger partial charge in [0.1, 0.15) is 11.5 Å². The molecule has 1 aromatic carbocycles. The molecule has 0 heterocycles. The molecular weight excluding hydrogens is 201 g/mol. The molecule has 1 atom stereocenters. The number of hydrogen-bond acceptors (Lipinski definition) is 4. The number of hydrogen-bond donors (Lipinski definition) is 0. The van der Waals surface area contributed by atoms with Gasteiger partial charge in [0.05, 0.1) is 19.8 Å². The molecule has 0 aliphatic heterocycles. The number of alkyl halides is 1. The van der Waals surface area contributed by atoms with Crippen molar-refractivity contribution in [1.82, 2.24) is 0 Å². The molecule has 1 aromatic rings. The molecule has 15 heavy (non-hydrogen) atoms. The molecule has 5 heteroatoms. The Morgan fingerprint density at radius 1 is 1.40 bits per heavy atom. The molecule has 0 N–H and O–H groups in total. The largest absolute Gasteiger partial charge is 0.497 e. The van der Waals surface area contributed by atoms with Crippen LogP contribution in [0.2, 0.25) is 0 Å². The molecule has 0 fully saturated rings. The van der Waals surface area contributed by atoms with Gasteiger partial charge in [-0.15, -0.1) is 0 Å². The SMILES string of the molecule is COc1ccc(C(F)N=C=O)c(OC)c1. The van der Waals surface area contributed by atoms with Gasteiger partial charge in [0.2, 0.25) is 12.4 Å². The second-order valence-electron chi connectivity index (χ2n) is 2.66. The summed E-state index contributed by atoms with van der Waals surface area (Å²) in [6.07, 6.45) is -0.602. The van der Waals surface area contributed by atoms with Crippen LogP contribution in [0.25, 0.3) is 0 Å². The molecule has 0 aromatic heterocycles. The molecule has 0 aliphatic rings. The summed E-state index contributed by atoms with van der Waals surface area (Å²) >= 11 is 0. The fourth-order valence-electron chi connectivity index (χ4n) is 1.13. The van der Waals surface area contributed by atoms with Crippen LogP contribution in [0, 0.1) is 0 Å². The quantitative estimate of drug-likeness (QED) is 0.435. The predicted molar refractivity (Wildman–Crippen MR) is 51.5 cm³/mol. The van der Waals surface area contributed by atoms with Crippen molar-refractivity contribution in [2.24, 2.45) is 4.99 Å². The first-order valence-corrected chi connectivity index (χ1v) is 4.16. The van der Waals surface area contributed by atoms with E-state index in [4.69, 9.17) is 9.47 Å². The fourth-order valence-corrected chi connectivity index (χ4v) is 1.13. The van der Waals surface area contributed by atoms with Crippen LogP contribution >= 0.6 is 0 Å². The third kappa shape index (κ3) is 2.54. The van der Waals surface area contributed by atoms with E-state index in [2.05, 4.69) is 4.99 Å². The van der Waals surface area contributed by atoms with Crippen LogP contribution in [0.3, 0.4) is 0 Å². The topological polar surface area (TPSA) is 47.9 Å². The van der Waals surface area contributed by atoms with Crippen LogP contribution in [0.5, 0.6) is 11.5 Å². The molecule has 0 bridgehead atoms. The zero-order valence-electron chi connectivity index (χ0n) is 8.36. The predicted octanol–water partition coefficient (Wildman–Crippen LogP) is 2.01. The van der Waals surface area contributed by atoms with Crippen LogP contribution in [-0.4, -0.2) is 20.3 Å². The van der Waals surface area contributed by atoms with Gasteiger partial charge < -0.3 is 9.47 Å². The molecule has 0 radical (unpaired) electrons. The Labute approximate surface area is 86.3 Å². The molecule has 0 saturated carbocycles. The Morgan fingerprint density at radius 2 is 2.13 bits per heavy atom. The third-order valence-corrected chi connectivity index (χ3v) is 1.86. The summed E-state index contributed by atoms with van der Waals surface area (Å²) in [6, 6.07) is 4.52. The van der Waals surface area contributed by atoms with Crippen molar-refractivity contribution in [3.05, 3.63) is 23.8 Å². The highest BCUT2D eigenvalue weighted by atomic mass is 19.1. The number of methoxy groups -OCH3 is 2. The maximum atomic E-state index is 13.3. The Balaban J connectivity index is 3.12. The van der Waals surface area contributed by atoms with Crippen LogP contribution in [0.4, 0.5) is 4.39 Å². The van der Waals surface area contributed by atoms with Gasteiger partial charge >= 0.3 is 0 Å². The van der Waals surface area contributed by atoms with Gasteiger partial charge in [-0.25, -0.2) is 9.18 Å². The number of aliphatic imine (C=N–C) groups is 1. The van der Waals surface area contributed by atoms with Crippen molar-refractivity contribution in [3.8, 4) is 11.5 Å². The molecule has 4 nitrogen and oxygen atoms in total. The van der Waals surface area contributed by atoms with E-state index in [1.54, 1.807) is 6.07 Å². The molecule has 0 spiro atoms. The van der Waals surface area contributed by atoms with Crippen molar-refractivity contribution in [1.29, 1.82) is 0 Å². The lowest BCUT2D eigenvalue weighted by Crippen LogP contribution is -1.95. The third-order valence-electron chi connectivity index (χ3n) is 1.86. The molecule has 1 rings (SSSR count). The summed E-state index contributed by atoms with van der Waals surface area (Å²) in [5, 5.41) is 0. The zero-order valence-corrected chi connectivity index (χ0v) is 8.36. The molecule has 80 valence electrons. The first kappa shape index (κ1) is 11.2. The number of halogens is 1. The minimum Gasteiger partial charge on any atom is -0.497 e. The fraction of sp³-hybridized carbons (Fsp3) is 0.300. The molecule has 0 amide bonds. The lowest BCUT2D eigenvalue weighted by atomic mass is 10.2. The summed E-state index contributed by atoms with van der Waals surface area (Å²) < 4.78 is 23.2. The summed E-state index contributed by atoms with van der Waals surface area (Å²) in [7, 11) is 2.89. The zero-order chi connectivity index (χ0) is 11.3. The molecule has 0 saturated heterocycles. The van der Waals surface area contributed by atoms with Gasteiger partial charge in [-0.1, -0.05) is 0 Å². The highest BCUT2D eigenvalue weighted by molar-refractivity contribution is 5.43. The smallest absolute Gasteiger partial charge is 0.238 e. The number of isocyanates is 1. The molecule has 0 aliphatic carbocycles. The lowest BCUT2D eigenvalue weighted by Gasteiger charge is -2.10. The van der Waals surface area contributed by atoms with E-state index >= 15 is 0 Å². The Morgan fingerprint density at radius 3 is 2.67 bits per heavy atom. The molecule has 1 unspecified atom stereocenters. The van der Waals surface area contributed by atoms with E-state index in [1.165, 1.54) is 26.4 Å². The number of carbonyl (C=O) groups excluding carboxylic acids is 1. The van der Waals surface area contributed by atoms with Gasteiger partial charge in [0.15, 0.2) is 0 Å². The summed E-state index contributed by atoms with van der Waals surface area (Å²) in [4.78, 5) is 12.9. The van der Waals surface area contributed by atoms with E-state index in [0.717, 1.165) is 6.08 Å². The van der Waals surface area contributed by atoms with Gasteiger partial charge in [0, 0.05) is 6.07 Å². The Hall–Kier alpha value is -1.87. The highest BCUT2D eigenvalue weighted by Gasteiger charge is 2.14. The van der Waals surface area contributed by atoms with Crippen LogP contribution < -0.4 is 9.47 Å². The number of nitrogens with zero attached hydrogens (tertiary/aromatic N) is 1. The summed E-state index contributed by atoms with van der Waals surface area (Å²) in [5.41, 5.74) is 0.168. The maximum absolute atomic E-state index is 13.3. The number of ether oxygens (including phenoxy) is 2. The highest BCUT2D eigenvalue weighted by Crippen LogP contribution is 2.31. The minimum atomic E-state index is -1.76. The maximum Gasteiger partial charge on any atom is 0.238 e. The van der Waals surface area contributed by atoms with E-state index in [1.807, 2.05) is 0 Å². The second kappa shape index (κ2) is 5.12. The van der Waals surface area contributed by atoms with Gasteiger partial charge in [-0.3, -0.25) is 0 Å². The van der Waals surface area contributed by atoms with Crippen molar-refractivity contribution in [2.45, 2.75) is 6.30 Å². The minimum absolute atomic E-state index is 0.168. The average molecular weight is 211 g/mol. The van der Waals surface area contributed by atoms with Gasteiger partial charge in [-0.05, 0) is 12.1 Å². The first-order valence-electron chi connectivity index (χ1n) is 4.16. The lowest BCUT2D eigenvalue weighted by molar-refractivity contribution is 0.331.